The third kappa shape index (κ3) is 2.31. The fraction of sp³-hybridized carbons (Fsp3) is 0.0714. The minimum Gasteiger partial charge on any atom is -0.290 e. The van der Waals surface area contributed by atoms with Crippen molar-refractivity contribution in [2.24, 2.45) is 0 Å². The number of carbonyl (C=O) groups excluding carboxylic acids is 1. The molecule has 0 heterocycles. The molecule has 2 rings (SSSR count). The van der Waals surface area contributed by atoms with Crippen LogP contribution in [0.2, 0.25) is 5.02 Å². The Morgan fingerprint density at radius 2 is 1.44 bits per heavy atom. The Bertz CT molecular complexity index is 462. The molecule has 0 aliphatic heterocycles. The second kappa shape index (κ2) is 4.95. The molecule has 2 heteroatoms. The number of hydrogen-bond donors (Lipinski definition) is 0. The van der Waals surface area contributed by atoms with E-state index in [4.69, 9.17) is 11.6 Å². The Morgan fingerprint density at radius 3 is 2.00 bits per heavy atom. The van der Waals surface area contributed by atoms with E-state index in [9.17, 15) is 4.79 Å². The normalized spacial score (nSPS) is 12.1. The van der Waals surface area contributed by atoms with Crippen molar-refractivity contribution in [2.45, 2.75) is 5.92 Å². The van der Waals surface area contributed by atoms with Crippen LogP contribution >= 0.6 is 11.6 Å². The molecule has 0 saturated carbocycles. The van der Waals surface area contributed by atoms with Crippen LogP contribution in [-0.2, 0) is 4.79 Å². The molecule has 1 atom stereocenters. The number of benzene rings is 2. The lowest BCUT2D eigenvalue weighted by molar-refractivity contribution is 0.549. The summed E-state index contributed by atoms with van der Waals surface area (Å²) < 4.78 is 0. The van der Waals surface area contributed by atoms with Crippen molar-refractivity contribution in [3.63, 3.8) is 0 Å². The Labute approximate surface area is 99.7 Å². The summed E-state index contributed by atoms with van der Waals surface area (Å²) in [6.45, 7) is 0. The molecule has 1 radical (unpaired) electrons. The van der Waals surface area contributed by atoms with E-state index in [1.807, 2.05) is 42.5 Å². The molecule has 0 aliphatic carbocycles. The first-order valence-electron chi connectivity index (χ1n) is 4.99. The van der Waals surface area contributed by atoms with Gasteiger partial charge in [-0.05, 0) is 23.3 Å². The number of halogens is 1. The minimum atomic E-state index is -0.335. The van der Waals surface area contributed by atoms with Crippen LogP contribution in [0.4, 0.5) is 0 Å². The SMILES string of the molecule is O=[C]C(c1ccccc1)c1ccc(Cl)cc1. The van der Waals surface area contributed by atoms with E-state index in [-0.39, 0.29) is 5.92 Å². The van der Waals surface area contributed by atoms with Crippen LogP contribution in [-0.4, -0.2) is 6.29 Å². The second-order valence-electron chi connectivity index (χ2n) is 3.51. The first-order chi connectivity index (χ1) is 7.81. The van der Waals surface area contributed by atoms with Crippen LogP contribution in [0.5, 0.6) is 0 Å². The summed E-state index contributed by atoms with van der Waals surface area (Å²) in [4.78, 5) is 11.0. The Kier molecular flexibility index (Phi) is 3.37. The van der Waals surface area contributed by atoms with Gasteiger partial charge in [-0.15, -0.1) is 0 Å². The zero-order valence-electron chi connectivity index (χ0n) is 8.56. The van der Waals surface area contributed by atoms with Gasteiger partial charge < -0.3 is 0 Å². The zero-order valence-corrected chi connectivity index (χ0v) is 9.32. The highest BCUT2D eigenvalue weighted by Crippen LogP contribution is 2.23. The van der Waals surface area contributed by atoms with Crippen molar-refractivity contribution in [3.8, 4) is 0 Å². The molecule has 0 N–H and O–H groups in total. The quantitative estimate of drug-likeness (QED) is 0.786. The zero-order chi connectivity index (χ0) is 11.4. The van der Waals surface area contributed by atoms with E-state index < -0.39 is 0 Å². The first-order valence-corrected chi connectivity index (χ1v) is 5.37. The molecule has 0 saturated heterocycles. The largest absolute Gasteiger partial charge is 0.290 e. The van der Waals surface area contributed by atoms with Gasteiger partial charge in [0.15, 0.2) is 0 Å². The van der Waals surface area contributed by atoms with Crippen LogP contribution in [0, 0.1) is 0 Å². The fourth-order valence-corrected chi connectivity index (χ4v) is 1.76. The molecule has 1 nitrogen and oxygen atoms in total. The van der Waals surface area contributed by atoms with Crippen molar-refractivity contribution in [1.29, 1.82) is 0 Å². The van der Waals surface area contributed by atoms with Gasteiger partial charge in [-0.1, -0.05) is 54.1 Å². The van der Waals surface area contributed by atoms with Gasteiger partial charge in [-0.25, -0.2) is 0 Å². The monoisotopic (exact) mass is 229 g/mol. The van der Waals surface area contributed by atoms with Crippen LogP contribution < -0.4 is 0 Å². The maximum Gasteiger partial charge on any atom is 0.211 e. The highest BCUT2D eigenvalue weighted by Gasteiger charge is 2.13. The molecule has 79 valence electrons. The van der Waals surface area contributed by atoms with E-state index in [0.29, 0.717) is 5.02 Å². The van der Waals surface area contributed by atoms with Gasteiger partial charge in [-0.3, -0.25) is 4.79 Å². The molecule has 1 unspecified atom stereocenters. The summed E-state index contributed by atoms with van der Waals surface area (Å²) in [5, 5.41) is 0.668. The lowest BCUT2D eigenvalue weighted by Gasteiger charge is -2.09. The lowest BCUT2D eigenvalue weighted by Crippen LogP contribution is -2.01. The molecule has 0 fully saturated rings. The van der Waals surface area contributed by atoms with Crippen molar-refractivity contribution in [3.05, 3.63) is 70.7 Å². The van der Waals surface area contributed by atoms with E-state index in [0.717, 1.165) is 11.1 Å². The standard InChI is InChI=1S/C14H10ClO/c15-13-8-6-12(7-9-13)14(10-16)11-4-2-1-3-5-11/h1-9,14H. The predicted molar refractivity (Wildman–Crippen MR) is 65.4 cm³/mol. The smallest absolute Gasteiger partial charge is 0.211 e. The van der Waals surface area contributed by atoms with Gasteiger partial charge in [0.1, 0.15) is 0 Å². The highest BCUT2D eigenvalue weighted by molar-refractivity contribution is 6.30. The van der Waals surface area contributed by atoms with Gasteiger partial charge >= 0.3 is 0 Å². The Balaban J connectivity index is 2.37. The van der Waals surface area contributed by atoms with Crippen LogP contribution in [0.3, 0.4) is 0 Å². The van der Waals surface area contributed by atoms with Gasteiger partial charge in [0.2, 0.25) is 6.29 Å². The molecule has 0 aromatic heterocycles. The third-order valence-corrected chi connectivity index (χ3v) is 2.71. The van der Waals surface area contributed by atoms with Crippen molar-refractivity contribution in [1.82, 2.24) is 0 Å². The molecule has 0 bridgehead atoms. The molecular weight excluding hydrogens is 220 g/mol. The average molecular weight is 230 g/mol. The van der Waals surface area contributed by atoms with Crippen LogP contribution in [0.1, 0.15) is 17.0 Å². The molecular formula is C14H10ClO. The van der Waals surface area contributed by atoms with Crippen LogP contribution in [0.15, 0.2) is 54.6 Å². The van der Waals surface area contributed by atoms with Gasteiger partial charge in [0, 0.05) is 5.02 Å². The van der Waals surface area contributed by atoms with Gasteiger partial charge in [0.05, 0.1) is 5.92 Å². The summed E-state index contributed by atoms with van der Waals surface area (Å²) in [7, 11) is 0. The summed E-state index contributed by atoms with van der Waals surface area (Å²) in [5.41, 5.74) is 1.85. The fourth-order valence-electron chi connectivity index (χ4n) is 1.63. The number of rotatable bonds is 3. The van der Waals surface area contributed by atoms with E-state index >= 15 is 0 Å². The van der Waals surface area contributed by atoms with Gasteiger partial charge in [0.25, 0.3) is 0 Å². The van der Waals surface area contributed by atoms with E-state index in [1.54, 1.807) is 12.1 Å². The molecule has 0 amide bonds. The first kappa shape index (κ1) is 10.9. The summed E-state index contributed by atoms with van der Waals surface area (Å²) in [5.74, 6) is -0.335. The highest BCUT2D eigenvalue weighted by atomic mass is 35.5. The summed E-state index contributed by atoms with van der Waals surface area (Å²) in [6.07, 6.45) is 2.06. The summed E-state index contributed by atoms with van der Waals surface area (Å²) >= 11 is 5.81. The third-order valence-electron chi connectivity index (χ3n) is 2.45. The average Bonchev–Trinajstić information content (AvgIpc) is 2.34. The van der Waals surface area contributed by atoms with Crippen molar-refractivity contribution < 1.29 is 4.79 Å². The molecule has 0 spiro atoms. The van der Waals surface area contributed by atoms with Crippen molar-refractivity contribution in [2.75, 3.05) is 0 Å². The maximum atomic E-state index is 11.0. The second-order valence-corrected chi connectivity index (χ2v) is 3.95. The number of hydrogen-bond acceptors (Lipinski definition) is 1. The van der Waals surface area contributed by atoms with Crippen molar-refractivity contribution >= 4 is 17.9 Å². The molecule has 2 aromatic rings. The summed E-state index contributed by atoms with van der Waals surface area (Å²) in [6, 6.07) is 16.9. The molecule has 16 heavy (non-hydrogen) atoms. The topological polar surface area (TPSA) is 17.1 Å². The van der Waals surface area contributed by atoms with Crippen LogP contribution in [0.25, 0.3) is 0 Å². The van der Waals surface area contributed by atoms with E-state index in [1.165, 1.54) is 0 Å². The predicted octanol–water partition coefficient (Wildman–Crippen LogP) is 3.58. The molecule has 2 aromatic carbocycles. The van der Waals surface area contributed by atoms with E-state index in [2.05, 4.69) is 6.29 Å². The minimum absolute atomic E-state index is 0.335. The Morgan fingerprint density at radius 1 is 0.875 bits per heavy atom. The lowest BCUT2D eigenvalue weighted by atomic mass is 9.93. The molecule has 0 aliphatic rings. The maximum absolute atomic E-state index is 11.0. The Hall–Kier alpha value is -1.60. The van der Waals surface area contributed by atoms with Gasteiger partial charge in [-0.2, -0.15) is 0 Å².